The third-order valence-electron chi connectivity index (χ3n) is 5.93. The predicted octanol–water partition coefficient (Wildman–Crippen LogP) is 6.29. The molecular weight excluding hydrogens is 463 g/mol. The third kappa shape index (κ3) is 5.88. The minimum absolute atomic E-state index is 0.120. The van der Waals surface area contributed by atoms with Crippen molar-refractivity contribution in [3.05, 3.63) is 96.0 Å². The van der Waals surface area contributed by atoms with Gasteiger partial charge in [-0.15, -0.1) is 6.58 Å². The first-order chi connectivity index (χ1) is 17.3. The number of aromatic nitrogens is 3. The van der Waals surface area contributed by atoms with Crippen LogP contribution in [0.5, 0.6) is 0 Å². The lowest BCUT2D eigenvalue weighted by molar-refractivity contribution is -0.137. The summed E-state index contributed by atoms with van der Waals surface area (Å²) >= 11 is 0. The zero-order valence-corrected chi connectivity index (χ0v) is 20.3. The average Bonchev–Trinajstić information content (AvgIpc) is 2.84. The summed E-state index contributed by atoms with van der Waals surface area (Å²) in [7, 11) is 1.93. The van der Waals surface area contributed by atoms with Crippen molar-refractivity contribution in [1.82, 2.24) is 19.9 Å². The predicted molar refractivity (Wildman–Crippen MR) is 138 cm³/mol. The van der Waals surface area contributed by atoms with Gasteiger partial charge in [0.15, 0.2) is 0 Å². The second-order valence-corrected chi connectivity index (χ2v) is 8.71. The molecule has 8 heteroatoms. The maximum atomic E-state index is 13.6. The van der Waals surface area contributed by atoms with Crippen molar-refractivity contribution in [1.29, 1.82) is 0 Å². The van der Waals surface area contributed by atoms with Crippen molar-refractivity contribution in [2.45, 2.75) is 26.1 Å². The van der Waals surface area contributed by atoms with Gasteiger partial charge in [-0.1, -0.05) is 36.4 Å². The molecule has 0 fully saturated rings. The van der Waals surface area contributed by atoms with Gasteiger partial charge in [-0.05, 0) is 55.8 Å². The molecule has 0 radical (unpaired) electrons. The van der Waals surface area contributed by atoms with Gasteiger partial charge in [-0.25, -0.2) is 9.97 Å². The highest BCUT2D eigenvalue weighted by molar-refractivity contribution is 5.92. The number of pyridine rings is 1. The fraction of sp³-hybridized carbons (Fsp3) is 0.250. The Kier molecular flexibility index (Phi) is 7.64. The SMILES string of the molecule is C=CCN(C)Cc1nc(NCCc2ccccc2C)c2ccc(-c3ncccc3C(F)(F)F)cc2n1. The largest absolute Gasteiger partial charge is 0.418 e. The number of aryl methyl sites for hydroxylation is 1. The van der Waals surface area contributed by atoms with Gasteiger partial charge >= 0.3 is 6.18 Å². The molecule has 0 saturated heterocycles. The van der Waals surface area contributed by atoms with Crippen LogP contribution in [-0.2, 0) is 19.1 Å². The highest BCUT2D eigenvalue weighted by Crippen LogP contribution is 2.36. The molecule has 2 aromatic heterocycles. The summed E-state index contributed by atoms with van der Waals surface area (Å²) in [6, 6.07) is 15.6. The third-order valence-corrected chi connectivity index (χ3v) is 5.93. The molecule has 2 heterocycles. The Morgan fingerprint density at radius 2 is 1.86 bits per heavy atom. The topological polar surface area (TPSA) is 53.9 Å². The lowest BCUT2D eigenvalue weighted by atomic mass is 10.0. The van der Waals surface area contributed by atoms with E-state index in [2.05, 4.69) is 40.9 Å². The smallest absolute Gasteiger partial charge is 0.369 e. The molecule has 5 nitrogen and oxygen atoms in total. The van der Waals surface area contributed by atoms with E-state index >= 15 is 0 Å². The second-order valence-electron chi connectivity index (χ2n) is 8.71. The number of fused-ring (bicyclic) bond motifs is 1. The number of rotatable bonds is 9. The fourth-order valence-electron chi connectivity index (χ4n) is 4.13. The van der Waals surface area contributed by atoms with Crippen LogP contribution in [0, 0.1) is 6.92 Å². The first-order valence-electron chi connectivity index (χ1n) is 11.7. The van der Waals surface area contributed by atoms with Gasteiger partial charge in [-0.3, -0.25) is 9.88 Å². The van der Waals surface area contributed by atoms with E-state index in [1.54, 1.807) is 24.3 Å². The standard InChI is InChI=1S/C28H28F3N5/c1-4-16-36(3)18-25-34-24-17-21(26-23(28(29,30)31)10-7-14-32-26)11-12-22(24)27(35-25)33-15-13-20-9-6-5-8-19(20)2/h4-12,14,17H,1,13,15-16,18H2,2-3H3,(H,33,34,35). The van der Waals surface area contributed by atoms with E-state index in [1.165, 1.54) is 23.4 Å². The quantitative estimate of drug-likeness (QED) is 0.279. The van der Waals surface area contributed by atoms with Crippen molar-refractivity contribution in [2.75, 3.05) is 25.5 Å². The van der Waals surface area contributed by atoms with Gasteiger partial charge in [0.2, 0.25) is 0 Å². The van der Waals surface area contributed by atoms with E-state index in [1.807, 2.05) is 24.1 Å². The van der Waals surface area contributed by atoms with Gasteiger partial charge in [0, 0.05) is 30.2 Å². The number of alkyl halides is 3. The van der Waals surface area contributed by atoms with Gasteiger partial charge in [-0.2, -0.15) is 13.2 Å². The molecular formula is C28H28F3N5. The van der Waals surface area contributed by atoms with Crippen LogP contribution < -0.4 is 5.32 Å². The Morgan fingerprint density at radius 3 is 2.61 bits per heavy atom. The van der Waals surface area contributed by atoms with Crippen molar-refractivity contribution in [2.24, 2.45) is 0 Å². The number of nitrogens with one attached hydrogen (secondary N) is 1. The van der Waals surface area contributed by atoms with Gasteiger partial charge < -0.3 is 5.32 Å². The number of hydrogen-bond acceptors (Lipinski definition) is 5. The molecule has 0 aliphatic rings. The van der Waals surface area contributed by atoms with E-state index in [9.17, 15) is 13.2 Å². The maximum Gasteiger partial charge on any atom is 0.418 e. The van der Waals surface area contributed by atoms with Crippen LogP contribution in [0.15, 0.2) is 73.4 Å². The van der Waals surface area contributed by atoms with Crippen LogP contribution in [0.2, 0.25) is 0 Å². The Hall–Kier alpha value is -3.78. The summed E-state index contributed by atoms with van der Waals surface area (Å²) in [6.45, 7) is 7.62. The molecule has 0 unspecified atom stereocenters. The number of likely N-dealkylation sites (N-methyl/N-ethyl adjacent to an activating group) is 1. The lowest BCUT2D eigenvalue weighted by Gasteiger charge is -2.17. The molecule has 0 amide bonds. The molecule has 0 bridgehead atoms. The van der Waals surface area contributed by atoms with Crippen molar-refractivity contribution < 1.29 is 13.2 Å². The number of nitrogens with zero attached hydrogens (tertiary/aromatic N) is 4. The number of halogens is 3. The minimum atomic E-state index is -4.51. The van der Waals surface area contributed by atoms with Crippen molar-refractivity contribution in [3.63, 3.8) is 0 Å². The van der Waals surface area contributed by atoms with Crippen molar-refractivity contribution in [3.8, 4) is 11.3 Å². The van der Waals surface area contributed by atoms with Crippen LogP contribution in [0.4, 0.5) is 19.0 Å². The summed E-state index contributed by atoms with van der Waals surface area (Å²) in [5.74, 6) is 1.22. The van der Waals surface area contributed by atoms with Gasteiger partial charge in [0.05, 0.1) is 23.3 Å². The molecule has 186 valence electrons. The van der Waals surface area contributed by atoms with Crippen LogP contribution in [0.25, 0.3) is 22.2 Å². The van der Waals surface area contributed by atoms with Crippen LogP contribution in [-0.4, -0.2) is 40.0 Å². The summed E-state index contributed by atoms with van der Waals surface area (Å²) in [6.07, 6.45) is -0.543. The molecule has 0 aliphatic carbocycles. The zero-order valence-electron chi connectivity index (χ0n) is 20.3. The Labute approximate surface area is 208 Å². The van der Waals surface area contributed by atoms with Gasteiger partial charge in [0.1, 0.15) is 11.6 Å². The summed E-state index contributed by atoms with van der Waals surface area (Å²) in [4.78, 5) is 15.5. The van der Waals surface area contributed by atoms with E-state index in [0.29, 0.717) is 42.4 Å². The molecule has 36 heavy (non-hydrogen) atoms. The first-order valence-corrected chi connectivity index (χ1v) is 11.7. The summed E-state index contributed by atoms with van der Waals surface area (Å²) < 4.78 is 40.8. The zero-order chi connectivity index (χ0) is 25.7. The molecule has 0 aliphatic heterocycles. The fourth-order valence-corrected chi connectivity index (χ4v) is 4.13. The average molecular weight is 492 g/mol. The Balaban J connectivity index is 1.72. The Bertz CT molecular complexity index is 1370. The molecule has 2 aromatic carbocycles. The summed E-state index contributed by atoms with van der Waals surface area (Å²) in [5.41, 5.74) is 2.48. The highest BCUT2D eigenvalue weighted by atomic mass is 19.4. The molecule has 0 spiro atoms. The molecule has 0 atom stereocenters. The van der Waals surface area contributed by atoms with E-state index < -0.39 is 11.7 Å². The van der Waals surface area contributed by atoms with E-state index in [0.717, 1.165) is 17.9 Å². The minimum Gasteiger partial charge on any atom is -0.369 e. The number of hydrogen-bond donors (Lipinski definition) is 1. The molecule has 4 rings (SSSR count). The normalized spacial score (nSPS) is 11.7. The van der Waals surface area contributed by atoms with Crippen LogP contribution in [0.1, 0.15) is 22.5 Å². The van der Waals surface area contributed by atoms with Crippen LogP contribution in [0.3, 0.4) is 0 Å². The monoisotopic (exact) mass is 491 g/mol. The first kappa shape index (κ1) is 25.3. The number of anilines is 1. The molecule has 4 aromatic rings. The van der Waals surface area contributed by atoms with Gasteiger partial charge in [0.25, 0.3) is 0 Å². The van der Waals surface area contributed by atoms with E-state index in [-0.39, 0.29) is 5.69 Å². The second kappa shape index (κ2) is 10.9. The van der Waals surface area contributed by atoms with Crippen molar-refractivity contribution >= 4 is 16.7 Å². The van der Waals surface area contributed by atoms with E-state index in [4.69, 9.17) is 4.98 Å². The maximum absolute atomic E-state index is 13.6. The lowest BCUT2D eigenvalue weighted by Crippen LogP contribution is -2.20. The molecule has 1 N–H and O–H groups in total. The highest BCUT2D eigenvalue weighted by Gasteiger charge is 2.34. The Morgan fingerprint density at radius 1 is 1.06 bits per heavy atom. The van der Waals surface area contributed by atoms with Crippen LogP contribution >= 0.6 is 0 Å². The number of benzene rings is 2. The summed E-state index contributed by atoms with van der Waals surface area (Å²) in [5, 5.41) is 4.16. The molecule has 0 saturated carbocycles.